The number of aliphatic hydroxyl groups is 1. The van der Waals surface area contributed by atoms with Crippen molar-refractivity contribution in [2.24, 2.45) is 5.92 Å². The Labute approximate surface area is 108 Å². The van der Waals surface area contributed by atoms with E-state index in [1.165, 1.54) is 0 Å². The van der Waals surface area contributed by atoms with E-state index in [2.05, 4.69) is 22.6 Å². The molecule has 1 heterocycles. The summed E-state index contributed by atoms with van der Waals surface area (Å²) in [7, 11) is 0. The van der Waals surface area contributed by atoms with Gasteiger partial charge in [-0.2, -0.15) is 0 Å². The van der Waals surface area contributed by atoms with Crippen molar-refractivity contribution in [3.05, 3.63) is 35.9 Å². The standard InChI is InChI=1S/C12H13IO3/c13-8-12(10-4-2-1-3-5-10)6-9(7-14)11(15)16-12/h1-5,9,14H,6-8H2/t9-,12-/m0/s1. The lowest BCUT2D eigenvalue weighted by atomic mass is 9.89. The fraction of sp³-hybridized carbons (Fsp3) is 0.417. The Morgan fingerprint density at radius 1 is 1.44 bits per heavy atom. The quantitative estimate of drug-likeness (QED) is 0.522. The molecular weight excluding hydrogens is 319 g/mol. The van der Waals surface area contributed by atoms with Crippen LogP contribution in [0.25, 0.3) is 0 Å². The molecule has 1 aromatic rings. The number of rotatable bonds is 3. The largest absolute Gasteiger partial charge is 0.453 e. The van der Waals surface area contributed by atoms with E-state index in [0.717, 1.165) is 5.56 Å². The molecule has 1 saturated heterocycles. The van der Waals surface area contributed by atoms with Gasteiger partial charge in [-0.1, -0.05) is 52.9 Å². The molecule has 1 fully saturated rings. The first-order valence-corrected chi connectivity index (χ1v) is 6.69. The molecule has 1 N–H and O–H groups in total. The molecule has 0 radical (unpaired) electrons. The topological polar surface area (TPSA) is 46.5 Å². The number of halogens is 1. The summed E-state index contributed by atoms with van der Waals surface area (Å²) in [6.07, 6.45) is 0.565. The van der Waals surface area contributed by atoms with E-state index in [-0.39, 0.29) is 18.5 Å². The van der Waals surface area contributed by atoms with E-state index in [1.54, 1.807) is 0 Å². The van der Waals surface area contributed by atoms with E-state index in [9.17, 15) is 4.79 Å². The van der Waals surface area contributed by atoms with Gasteiger partial charge in [0.15, 0.2) is 0 Å². The second kappa shape index (κ2) is 4.71. The molecule has 0 saturated carbocycles. The predicted molar refractivity (Wildman–Crippen MR) is 68.3 cm³/mol. The molecule has 0 amide bonds. The van der Waals surface area contributed by atoms with Crippen LogP contribution < -0.4 is 0 Å². The molecule has 2 rings (SSSR count). The normalized spacial score (nSPS) is 29.1. The van der Waals surface area contributed by atoms with Crippen molar-refractivity contribution >= 4 is 28.6 Å². The van der Waals surface area contributed by atoms with E-state index in [4.69, 9.17) is 9.84 Å². The van der Waals surface area contributed by atoms with Crippen LogP contribution in [0, 0.1) is 5.92 Å². The molecule has 4 heteroatoms. The van der Waals surface area contributed by atoms with Gasteiger partial charge in [0.2, 0.25) is 0 Å². The minimum absolute atomic E-state index is 0.135. The highest BCUT2D eigenvalue weighted by atomic mass is 127. The smallest absolute Gasteiger partial charge is 0.312 e. The zero-order chi connectivity index (χ0) is 11.6. The maximum absolute atomic E-state index is 11.6. The van der Waals surface area contributed by atoms with Crippen molar-refractivity contribution in [3.8, 4) is 0 Å². The average molecular weight is 332 g/mol. The monoisotopic (exact) mass is 332 g/mol. The SMILES string of the molecule is O=C1O[C@@](CI)(c2ccccc2)C[C@H]1CO. The molecular formula is C12H13IO3. The van der Waals surface area contributed by atoms with Crippen LogP contribution in [-0.2, 0) is 15.1 Å². The molecule has 3 nitrogen and oxygen atoms in total. The third-order valence-corrected chi connectivity index (χ3v) is 4.17. The fourth-order valence-corrected chi connectivity index (χ4v) is 2.92. The van der Waals surface area contributed by atoms with Crippen LogP contribution in [-0.4, -0.2) is 22.1 Å². The zero-order valence-electron chi connectivity index (χ0n) is 8.73. The van der Waals surface area contributed by atoms with Crippen molar-refractivity contribution in [2.75, 3.05) is 11.0 Å². The van der Waals surface area contributed by atoms with Crippen LogP contribution in [0.3, 0.4) is 0 Å². The highest BCUT2D eigenvalue weighted by Crippen LogP contribution is 2.41. The van der Waals surface area contributed by atoms with E-state index in [1.807, 2.05) is 30.3 Å². The fourth-order valence-electron chi connectivity index (χ4n) is 2.02. The van der Waals surface area contributed by atoms with Crippen LogP contribution in [0.5, 0.6) is 0 Å². The Hall–Kier alpha value is -0.620. The van der Waals surface area contributed by atoms with Crippen molar-refractivity contribution in [1.82, 2.24) is 0 Å². The number of esters is 1. The summed E-state index contributed by atoms with van der Waals surface area (Å²) in [5, 5.41) is 9.11. The lowest BCUT2D eigenvalue weighted by Gasteiger charge is -2.25. The first-order chi connectivity index (χ1) is 7.72. The molecule has 0 bridgehead atoms. The molecule has 0 aliphatic carbocycles. The van der Waals surface area contributed by atoms with Gasteiger partial charge in [0.1, 0.15) is 5.60 Å². The summed E-state index contributed by atoms with van der Waals surface area (Å²) >= 11 is 2.22. The zero-order valence-corrected chi connectivity index (χ0v) is 10.9. The lowest BCUT2D eigenvalue weighted by Crippen LogP contribution is -2.27. The van der Waals surface area contributed by atoms with E-state index >= 15 is 0 Å². The molecule has 1 aliphatic heterocycles. The Balaban J connectivity index is 2.32. The first kappa shape index (κ1) is 11.9. The van der Waals surface area contributed by atoms with E-state index < -0.39 is 5.60 Å². The van der Waals surface area contributed by atoms with Gasteiger partial charge in [0.25, 0.3) is 0 Å². The number of carbonyl (C=O) groups excluding carboxylic acids is 1. The highest BCUT2D eigenvalue weighted by molar-refractivity contribution is 14.1. The predicted octanol–water partition coefficient (Wildman–Crippen LogP) is 1.87. The van der Waals surface area contributed by atoms with Gasteiger partial charge in [-0.3, -0.25) is 4.79 Å². The number of ether oxygens (including phenoxy) is 1. The Morgan fingerprint density at radius 2 is 2.12 bits per heavy atom. The van der Waals surface area contributed by atoms with Crippen LogP contribution in [0.15, 0.2) is 30.3 Å². The number of carbonyl (C=O) groups is 1. The molecule has 1 aliphatic rings. The first-order valence-electron chi connectivity index (χ1n) is 5.17. The maximum Gasteiger partial charge on any atom is 0.312 e. The summed E-state index contributed by atoms with van der Waals surface area (Å²) in [4.78, 5) is 11.6. The third kappa shape index (κ3) is 1.96. The Morgan fingerprint density at radius 3 is 2.62 bits per heavy atom. The minimum atomic E-state index is -0.549. The number of cyclic esters (lactones) is 1. The van der Waals surface area contributed by atoms with Gasteiger partial charge in [-0.15, -0.1) is 0 Å². The minimum Gasteiger partial charge on any atom is -0.453 e. The molecule has 0 unspecified atom stereocenters. The number of hydrogen-bond donors (Lipinski definition) is 1. The molecule has 86 valence electrons. The number of alkyl halides is 1. The summed E-state index contributed by atoms with van der Waals surface area (Å²) in [5.41, 5.74) is 0.459. The Bertz CT molecular complexity index is 379. The number of aliphatic hydroxyl groups excluding tert-OH is 1. The second-order valence-electron chi connectivity index (χ2n) is 4.00. The van der Waals surface area contributed by atoms with Gasteiger partial charge < -0.3 is 9.84 Å². The maximum atomic E-state index is 11.6. The van der Waals surface area contributed by atoms with Crippen molar-refractivity contribution < 1.29 is 14.6 Å². The molecule has 1 aromatic carbocycles. The second-order valence-corrected chi connectivity index (χ2v) is 4.76. The van der Waals surface area contributed by atoms with Crippen LogP contribution in [0.2, 0.25) is 0 Å². The summed E-state index contributed by atoms with van der Waals surface area (Å²) in [6.45, 7) is -0.135. The lowest BCUT2D eigenvalue weighted by molar-refractivity contribution is -0.150. The van der Waals surface area contributed by atoms with Gasteiger partial charge in [-0.05, 0) is 5.56 Å². The average Bonchev–Trinajstić information content (AvgIpc) is 2.68. The summed E-state index contributed by atoms with van der Waals surface area (Å²) in [5.74, 6) is -0.669. The van der Waals surface area contributed by atoms with Crippen LogP contribution in [0.1, 0.15) is 12.0 Å². The van der Waals surface area contributed by atoms with Crippen molar-refractivity contribution in [1.29, 1.82) is 0 Å². The number of hydrogen-bond acceptors (Lipinski definition) is 3. The van der Waals surface area contributed by atoms with Crippen molar-refractivity contribution in [2.45, 2.75) is 12.0 Å². The summed E-state index contributed by atoms with van der Waals surface area (Å²) < 4.78 is 6.19. The molecule has 2 atom stereocenters. The van der Waals surface area contributed by atoms with Gasteiger partial charge in [0.05, 0.1) is 12.5 Å². The van der Waals surface area contributed by atoms with E-state index in [0.29, 0.717) is 10.8 Å². The molecule has 0 aromatic heterocycles. The number of benzene rings is 1. The third-order valence-electron chi connectivity index (χ3n) is 2.94. The van der Waals surface area contributed by atoms with Crippen molar-refractivity contribution in [3.63, 3.8) is 0 Å². The summed E-state index contributed by atoms with van der Waals surface area (Å²) in [6, 6.07) is 9.73. The van der Waals surface area contributed by atoms with Crippen LogP contribution >= 0.6 is 22.6 Å². The molecule has 16 heavy (non-hydrogen) atoms. The highest BCUT2D eigenvalue weighted by Gasteiger charge is 2.46. The Kier molecular flexibility index (Phi) is 3.49. The molecule has 0 spiro atoms. The van der Waals surface area contributed by atoms with Crippen LogP contribution in [0.4, 0.5) is 0 Å². The van der Waals surface area contributed by atoms with Gasteiger partial charge >= 0.3 is 5.97 Å². The van der Waals surface area contributed by atoms with Gasteiger partial charge in [0, 0.05) is 10.8 Å². The van der Waals surface area contributed by atoms with Gasteiger partial charge in [-0.25, -0.2) is 0 Å².